The van der Waals surface area contributed by atoms with Crippen molar-refractivity contribution in [2.75, 3.05) is 18.0 Å². The average Bonchev–Trinajstić information content (AvgIpc) is 2.98. The van der Waals surface area contributed by atoms with E-state index in [9.17, 15) is 15.2 Å². The lowest BCUT2D eigenvalue weighted by atomic mass is 10.0. The van der Waals surface area contributed by atoms with E-state index in [1.165, 1.54) is 25.3 Å². The Bertz CT molecular complexity index is 518. The van der Waals surface area contributed by atoms with Crippen LogP contribution in [0, 0.1) is 22.0 Å². The summed E-state index contributed by atoms with van der Waals surface area (Å²) in [5.74, 6) is 1.40. The predicted octanol–water partition coefficient (Wildman–Crippen LogP) is 2.88. The third-order valence-corrected chi connectivity index (χ3v) is 4.75. The zero-order chi connectivity index (χ0) is 14.3. The van der Waals surface area contributed by atoms with Gasteiger partial charge in [-0.3, -0.25) is 10.1 Å². The van der Waals surface area contributed by atoms with E-state index in [1.54, 1.807) is 19.1 Å². The van der Waals surface area contributed by atoms with E-state index in [-0.39, 0.29) is 10.6 Å². The molecule has 1 aromatic carbocycles. The Morgan fingerprint density at radius 1 is 1.35 bits per heavy atom. The highest BCUT2D eigenvalue weighted by molar-refractivity contribution is 5.65. The molecule has 108 valence electrons. The van der Waals surface area contributed by atoms with Crippen LogP contribution < -0.4 is 4.90 Å². The number of benzene rings is 1. The summed E-state index contributed by atoms with van der Waals surface area (Å²) in [7, 11) is 0. The van der Waals surface area contributed by atoms with Gasteiger partial charge in [0.05, 0.1) is 11.0 Å². The third kappa shape index (κ3) is 2.26. The quantitative estimate of drug-likeness (QED) is 0.681. The first-order valence-electron chi connectivity index (χ1n) is 7.27. The van der Waals surface area contributed by atoms with Crippen LogP contribution in [0.15, 0.2) is 18.2 Å². The number of fused-ring (bicyclic) bond motifs is 1. The molecule has 3 rings (SSSR count). The Balaban J connectivity index is 1.91. The van der Waals surface area contributed by atoms with E-state index in [0.717, 1.165) is 13.1 Å². The summed E-state index contributed by atoms with van der Waals surface area (Å²) in [4.78, 5) is 13.1. The summed E-state index contributed by atoms with van der Waals surface area (Å²) in [6.07, 6.45) is 3.12. The van der Waals surface area contributed by atoms with Crippen LogP contribution in [0.25, 0.3) is 0 Å². The molecule has 2 fully saturated rings. The van der Waals surface area contributed by atoms with Crippen LogP contribution in [0.5, 0.6) is 0 Å². The van der Waals surface area contributed by atoms with Gasteiger partial charge in [0, 0.05) is 19.2 Å². The smallest absolute Gasteiger partial charge is 0.292 e. The Hall–Kier alpha value is -1.62. The van der Waals surface area contributed by atoms with Crippen molar-refractivity contribution in [2.45, 2.75) is 32.3 Å². The molecule has 1 heterocycles. The Morgan fingerprint density at radius 3 is 2.55 bits per heavy atom. The first-order valence-corrected chi connectivity index (χ1v) is 7.27. The summed E-state index contributed by atoms with van der Waals surface area (Å²) in [6, 6.07) is 5.09. The van der Waals surface area contributed by atoms with Crippen LogP contribution in [-0.2, 0) is 0 Å². The molecule has 1 saturated carbocycles. The van der Waals surface area contributed by atoms with Gasteiger partial charge in [0.2, 0.25) is 0 Å². The SMILES string of the molecule is CC(O)c1ccc(N2CC3CCCC3C2)c([N+](=O)[O-])c1. The van der Waals surface area contributed by atoms with Crippen molar-refractivity contribution < 1.29 is 10.0 Å². The summed E-state index contributed by atoms with van der Waals surface area (Å²) < 4.78 is 0. The molecule has 1 N–H and O–H groups in total. The Kier molecular flexibility index (Phi) is 3.38. The number of anilines is 1. The van der Waals surface area contributed by atoms with Gasteiger partial charge in [0.15, 0.2) is 0 Å². The van der Waals surface area contributed by atoms with E-state index in [0.29, 0.717) is 23.1 Å². The Labute approximate surface area is 118 Å². The molecule has 1 aliphatic carbocycles. The number of hydrogen-bond acceptors (Lipinski definition) is 4. The largest absolute Gasteiger partial charge is 0.389 e. The van der Waals surface area contributed by atoms with E-state index >= 15 is 0 Å². The molecule has 0 aromatic heterocycles. The van der Waals surface area contributed by atoms with Crippen molar-refractivity contribution in [3.05, 3.63) is 33.9 Å². The molecule has 20 heavy (non-hydrogen) atoms. The molecule has 1 saturated heterocycles. The molecule has 0 bridgehead atoms. The first-order chi connectivity index (χ1) is 9.56. The lowest BCUT2D eigenvalue weighted by Crippen LogP contribution is -2.21. The van der Waals surface area contributed by atoms with Gasteiger partial charge in [-0.15, -0.1) is 0 Å². The minimum atomic E-state index is -0.680. The molecule has 0 amide bonds. The highest BCUT2D eigenvalue weighted by Gasteiger charge is 2.38. The molecular formula is C15H20N2O3. The van der Waals surface area contributed by atoms with Gasteiger partial charge < -0.3 is 10.0 Å². The molecule has 5 heteroatoms. The number of aliphatic hydroxyl groups is 1. The average molecular weight is 276 g/mol. The number of hydrogen-bond donors (Lipinski definition) is 1. The van der Waals surface area contributed by atoms with Gasteiger partial charge in [-0.05, 0) is 43.2 Å². The van der Waals surface area contributed by atoms with E-state index < -0.39 is 6.10 Å². The van der Waals surface area contributed by atoms with Gasteiger partial charge in [-0.25, -0.2) is 0 Å². The van der Waals surface area contributed by atoms with Gasteiger partial charge in [0.25, 0.3) is 5.69 Å². The van der Waals surface area contributed by atoms with Crippen LogP contribution in [0.4, 0.5) is 11.4 Å². The molecule has 3 unspecified atom stereocenters. The normalized spacial score (nSPS) is 26.6. The monoisotopic (exact) mass is 276 g/mol. The van der Waals surface area contributed by atoms with E-state index in [1.807, 2.05) is 0 Å². The molecule has 2 aliphatic rings. The maximum Gasteiger partial charge on any atom is 0.292 e. The molecule has 0 radical (unpaired) electrons. The molecule has 3 atom stereocenters. The van der Waals surface area contributed by atoms with Crippen LogP contribution in [0.3, 0.4) is 0 Å². The van der Waals surface area contributed by atoms with Crippen molar-refractivity contribution >= 4 is 11.4 Å². The van der Waals surface area contributed by atoms with Crippen molar-refractivity contribution in [3.8, 4) is 0 Å². The van der Waals surface area contributed by atoms with Crippen LogP contribution in [0.1, 0.15) is 37.9 Å². The number of nitrogens with zero attached hydrogens (tertiary/aromatic N) is 2. The van der Waals surface area contributed by atoms with E-state index in [4.69, 9.17) is 0 Å². The van der Waals surface area contributed by atoms with Crippen molar-refractivity contribution in [1.82, 2.24) is 0 Å². The fourth-order valence-corrected chi connectivity index (χ4v) is 3.65. The lowest BCUT2D eigenvalue weighted by molar-refractivity contribution is -0.384. The summed E-state index contributed by atoms with van der Waals surface area (Å²) in [5, 5.41) is 20.9. The lowest BCUT2D eigenvalue weighted by Gasteiger charge is -2.20. The maximum absolute atomic E-state index is 11.3. The van der Waals surface area contributed by atoms with Gasteiger partial charge >= 0.3 is 0 Å². The molecular weight excluding hydrogens is 256 g/mol. The number of rotatable bonds is 3. The van der Waals surface area contributed by atoms with Crippen LogP contribution in [0.2, 0.25) is 0 Å². The molecule has 0 spiro atoms. The summed E-state index contributed by atoms with van der Waals surface area (Å²) >= 11 is 0. The van der Waals surface area contributed by atoms with Crippen molar-refractivity contribution in [3.63, 3.8) is 0 Å². The zero-order valence-corrected chi connectivity index (χ0v) is 11.7. The minimum absolute atomic E-state index is 0.114. The third-order valence-electron chi connectivity index (χ3n) is 4.75. The van der Waals surface area contributed by atoms with Crippen LogP contribution >= 0.6 is 0 Å². The second kappa shape index (κ2) is 5.05. The number of aliphatic hydroxyl groups excluding tert-OH is 1. The van der Waals surface area contributed by atoms with Gasteiger partial charge in [0.1, 0.15) is 5.69 Å². The summed E-state index contributed by atoms with van der Waals surface area (Å²) in [6.45, 7) is 3.48. The van der Waals surface area contributed by atoms with Crippen molar-refractivity contribution in [2.24, 2.45) is 11.8 Å². The predicted molar refractivity (Wildman–Crippen MR) is 76.8 cm³/mol. The minimum Gasteiger partial charge on any atom is -0.389 e. The fraction of sp³-hybridized carbons (Fsp3) is 0.600. The highest BCUT2D eigenvalue weighted by Crippen LogP contribution is 2.42. The second-order valence-electron chi connectivity index (χ2n) is 6.04. The van der Waals surface area contributed by atoms with Gasteiger partial charge in [-0.2, -0.15) is 0 Å². The maximum atomic E-state index is 11.3. The number of nitro benzene ring substituents is 1. The number of nitro groups is 1. The zero-order valence-electron chi connectivity index (χ0n) is 11.7. The standard InChI is InChI=1S/C15H20N2O3/c1-10(18)11-5-6-14(15(7-11)17(19)20)16-8-12-3-2-4-13(12)9-16/h5-7,10,12-13,18H,2-4,8-9H2,1H3. The topological polar surface area (TPSA) is 66.6 Å². The van der Waals surface area contributed by atoms with Crippen molar-refractivity contribution in [1.29, 1.82) is 0 Å². The highest BCUT2D eigenvalue weighted by atomic mass is 16.6. The molecule has 1 aromatic rings. The van der Waals surface area contributed by atoms with Gasteiger partial charge in [-0.1, -0.05) is 12.5 Å². The molecule has 1 aliphatic heterocycles. The second-order valence-corrected chi connectivity index (χ2v) is 6.04. The fourth-order valence-electron chi connectivity index (χ4n) is 3.65. The Morgan fingerprint density at radius 2 is 2.00 bits per heavy atom. The van der Waals surface area contributed by atoms with Crippen LogP contribution in [-0.4, -0.2) is 23.1 Å². The first kappa shape index (κ1) is 13.4. The molecule has 5 nitrogen and oxygen atoms in total. The summed E-state index contributed by atoms with van der Waals surface area (Å²) in [5.41, 5.74) is 1.41. The van der Waals surface area contributed by atoms with E-state index in [2.05, 4.69) is 4.90 Å².